The summed E-state index contributed by atoms with van der Waals surface area (Å²) in [4.78, 5) is 5.62. The van der Waals surface area contributed by atoms with E-state index >= 15 is 0 Å². The molecule has 0 bridgehead atoms. The fourth-order valence-electron chi connectivity index (χ4n) is 2.59. The van der Waals surface area contributed by atoms with E-state index in [1.165, 1.54) is 22.5 Å². The van der Waals surface area contributed by atoms with E-state index in [2.05, 4.69) is 46.8 Å². The van der Waals surface area contributed by atoms with Crippen molar-refractivity contribution < 1.29 is 0 Å². The second-order valence-electron chi connectivity index (χ2n) is 4.99. The van der Waals surface area contributed by atoms with Crippen molar-refractivity contribution in [2.75, 3.05) is 18.4 Å². The van der Waals surface area contributed by atoms with E-state index in [4.69, 9.17) is 0 Å². The Morgan fingerprint density at radius 3 is 3.16 bits per heavy atom. The van der Waals surface area contributed by atoms with Crippen molar-refractivity contribution in [3.05, 3.63) is 45.9 Å². The summed E-state index contributed by atoms with van der Waals surface area (Å²) in [6.07, 6.45) is 1.18. The van der Waals surface area contributed by atoms with E-state index in [-0.39, 0.29) is 0 Å². The van der Waals surface area contributed by atoms with Gasteiger partial charge in [-0.1, -0.05) is 18.2 Å². The van der Waals surface area contributed by atoms with Crippen LogP contribution in [0.25, 0.3) is 0 Å². The summed E-state index contributed by atoms with van der Waals surface area (Å²) in [6.45, 7) is 5.14. The number of aryl methyl sites for hydroxylation is 1. The highest BCUT2D eigenvalue weighted by atomic mass is 32.1. The molecule has 4 heteroatoms. The third kappa shape index (κ3) is 2.80. The van der Waals surface area contributed by atoms with Crippen molar-refractivity contribution in [3.63, 3.8) is 0 Å². The Hall–Kier alpha value is -1.39. The molecule has 2 N–H and O–H groups in total. The van der Waals surface area contributed by atoms with Crippen LogP contribution in [0.2, 0.25) is 0 Å². The molecule has 0 amide bonds. The fourth-order valence-corrected chi connectivity index (χ4v) is 3.34. The SMILES string of the molecule is Cc1ncsc1CNCCC1CNc2ccccc21. The van der Waals surface area contributed by atoms with Crippen LogP contribution in [0.15, 0.2) is 29.8 Å². The second-order valence-corrected chi connectivity index (χ2v) is 5.93. The average Bonchev–Trinajstić information content (AvgIpc) is 3.02. The molecule has 2 aromatic rings. The van der Waals surface area contributed by atoms with Crippen LogP contribution < -0.4 is 10.6 Å². The molecule has 3 rings (SSSR count). The van der Waals surface area contributed by atoms with Gasteiger partial charge in [0.1, 0.15) is 0 Å². The number of thiazole rings is 1. The minimum atomic E-state index is 0.645. The Morgan fingerprint density at radius 2 is 2.32 bits per heavy atom. The highest BCUT2D eigenvalue weighted by Gasteiger charge is 2.20. The van der Waals surface area contributed by atoms with Crippen LogP contribution in [0.3, 0.4) is 0 Å². The van der Waals surface area contributed by atoms with Crippen molar-refractivity contribution in [2.45, 2.75) is 25.8 Å². The molecular formula is C15H19N3S. The lowest BCUT2D eigenvalue weighted by Crippen LogP contribution is -2.17. The lowest BCUT2D eigenvalue weighted by Gasteiger charge is -2.10. The lowest BCUT2D eigenvalue weighted by molar-refractivity contribution is 0.594. The molecule has 100 valence electrons. The number of rotatable bonds is 5. The monoisotopic (exact) mass is 273 g/mol. The highest BCUT2D eigenvalue weighted by molar-refractivity contribution is 7.09. The summed E-state index contributed by atoms with van der Waals surface area (Å²) in [7, 11) is 0. The van der Waals surface area contributed by atoms with E-state index in [1.54, 1.807) is 11.3 Å². The first-order valence-electron chi connectivity index (χ1n) is 6.77. The summed E-state index contributed by atoms with van der Waals surface area (Å²) in [5.41, 5.74) is 5.86. The second kappa shape index (κ2) is 5.72. The minimum absolute atomic E-state index is 0.645. The summed E-state index contributed by atoms with van der Waals surface area (Å²) < 4.78 is 0. The van der Waals surface area contributed by atoms with Gasteiger partial charge in [0.2, 0.25) is 0 Å². The standard InChI is InChI=1S/C15H19N3S/c1-11-15(19-10-18-11)9-16-7-6-12-8-17-14-5-3-2-4-13(12)14/h2-5,10,12,16-17H,6-9H2,1H3. The maximum Gasteiger partial charge on any atom is 0.0798 e. The zero-order chi connectivity index (χ0) is 13.1. The first-order valence-corrected chi connectivity index (χ1v) is 7.65. The Labute approximate surface area is 118 Å². The number of para-hydroxylation sites is 1. The molecule has 0 saturated carbocycles. The molecule has 1 aliphatic rings. The predicted molar refractivity (Wildman–Crippen MR) is 80.8 cm³/mol. The molecule has 0 radical (unpaired) electrons. The molecule has 1 aliphatic heterocycles. The number of anilines is 1. The van der Waals surface area contributed by atoms with Crippen LogP contribution in [-0.2, 0) is 6.54 Å². The van der Waals surface area contributed by atoms with Gasteiger partial charge in [-0.25, -0.2) is 4.98 Å². The third-order valence-corrected chi connectivity index (χ3v) is 4.67. The third-order valence-electron chi connectivity index (χ3n) is 3.74. The van der Waals surface area contributed by atoms with Gasteiger partial charge >= 0.3 is 0 Å². The predicted octanol–water partition coefficient (Wildman–Crippen LogP) is 3.14. The molecule has 1 atom stereocenters. The highest BCUT2D eigenvalue weighted by Crippen LogP contribution is 2.32. The molecule has 0 saturated heterocycles. The number of aromatic nitrogens is 1. The number of hydrogen-bond donors (Lipinski definition) is 2. The summed E-state index contributed by atoms with van der Waals surface area (Å²) >= 11 is 1.73. The first-order chi connectivity index (χ1) is 9.34. The quantitative estimate of drug-likeness (QED) is 0.822. The lowest BCUT2D eigenvalue weighted by atomic mass is 9.98. The fraction of sp³-hybridized carbons (Fsp3) is 0.400. The van der Waals surface area contributed by atoms with Crippen LogP contribution in [0.1, 0.15) is 28.5 Å². The zero-order valence-electron chi connectivity index (χ0n) is 11.1. The minimum Gasteiger partial charge on any atom is -0.384 e. The zero-order valence-corrected chi connectivity index (χ0v) is 12.0. The van der Waals surface area contributed by atoms with Gasteiger partial charge in [-0.2, -0.15) is 0 Å². The summed E-state index contributed by atoms with van der Waals surface area (Å²) in [6, 6.07) is 8.64. The molecule has 0 aliphatic carbocycles. The topological polar surface area (TPSA) is 37.0 Å². The molecule has 2 heterocycles. The van der Waals surface area contributed by atoms with Gasteiger partial charge in [-0.3, -0.25) is 0 Å². The van der Waals surface area contributed by atoms with E-state index < -0.39 is 0 Å². The number of fused-ring (bicyclic) bond motifs is 1. The van der Waals surface area contributed by atoms with Crippen molar-refractivity contribution in [3.8, 4) is 0 Å². The van der Waals surface area contributed by atoms with Gasteiger partial charge < -0.3 is 10.6 Å². The van der Waals surface area contributed by atoms with E-state index in [0.29, 0.717) is 5.92 Å². The molecule has 3 nitrogen and oxygen atoms in total. The van der Waals surface area contributed by atoms with Gasteiger partial charge in [0.15, 0.2) is 0 Å². The number of hydrogen-bond acceptors (Lipinski definition) is 4. The Balaban J connectivity index is 1.48. The number of nitrogens with zero attached hydrogens (tertiary/aromatic N) is 1. The van der Waals surface area contributed by atoms with E-state index in [9.17, 15) is 0 Å². The normalized spacial score (nSPS) is 17.2. The Morgan fingerprint density at radius 1 is 1.42 bits per heavy atom. The average molecular weight is 273 g/mol. The molecule has 0 fully saturated rings. The van der Waals surface area contributed by atoms with Crippen LogP contribution in [0, 0.1) is 6.92 Å². The largest absolute Gasteiger partial charge is 0.384 e. The van der Waals surface area contributed by atoms with Crippen molar-refractivity contribution in [2.24, 2.45) is 0 Å². The van der Waals surface area contributed by atoms with Crippen LogP contribution >= 0.6 is 11.3 Å². The maximum atomic E-state index is 4.27. The Bertz CT molecular complexity index is 550. The number of nitrogens with one attached hydrogen (secondary N) is 2. The van der Waals surface area contributed by atoms with Crippen LogP contribution in [-0.4, -0.2) is 18.1 Å². The summed E-state index contributed by atoms with van der Waals surface area (Å²) in [5, 5.41) is 7.01. The van der Waals surface area contributed by atoms with Gasteiger partial charge in [0.05, 0.1) is 11.2 Å². The van der Waals surface area contributed by atoms with Gasteiger partial charge in [-0.15, -0.1) is 11.3 Å². The van der Waals surface area contributed by atoms with Crippen molar-refractivity contribution >= 4 is 17.0 Å². The van der Waals surface area contributed by atoms with E-state index in [1.807, 2.05) is 5.51 Å². The summed E-state index contributed by atoms with van der Waals surface area (Å²) in [5.74, 6) is 0.645. The molecular weight excluding hydrogens is 254 g/mol. The van der Waals surface area contributed by atoms with Gasteiger partial charge in [0, 0.05) is 29.6 Å². The number of benzene rings is 1. The van der Waals surface area contributed by atoms with Crippen LogP contribution in [0.5, 0.6) is 0 Å². The van der Waals surface area contributed by atoms with Crippen molar-refractivity contribution in [1.82, 2.24) is 10.3 Å². The van der Waals surface area contributed by atoms with Crippen LogP contribution in [0.4, 0.5) is 5.69 Å². The maximum absolute atomic E-state index is 4.27. The molecule has 0 spiro atoms. The van der Waals surface area contributed by atoms with Gasteiger partial charge in [-0.05, 0) is 31.5 Å². The Kier molecular flexibility index (Phi) is 3.80. The smallest absolute Gasteiger partial charge is 0.0798 e. The first kappa shape index (κ1) is 12.6. The molecule has 1 aromatic heterocycles. The van der Waals surface area contributed by atoms with Crippen molar-refractivity contribution in [1.29, 1.82) is 0 Å². The molecule has 1 unspecified atom stereocenters. The molecule has 19 heavy (non-hydrogen) atoms. The van der Waals surface area contributed by atoms with E-state index in [0.717, 1.165) is 25.3 Å². The van der Waals surface area contributed by atoms with Gasteiger partial charge in [0.25, 0.3) is 0 Å². The molecule has 1 aromatic carbocycles.